The average Bonchev–Trinajstić information content (AvgIpc) is 3.05. The van der Waals surface area contributed by atoms with Crippen molar-refractivity contribution in [2.45, 2.75) is 38.6 Å². The lowest BCUT2D eigenvalue weighted by Gasteiger charge is -2.10. The van der Waals surface area contributed by atoms with Gasteiger partial charge in [-0.1, -0.05) is 31.7 Å². The van der Waals surface area contributed by atoms with Gasteiger partial charge in [-0.05, 0) is 36.6 Å². The predicted molar refractivity (Wildman–Crippen MR) is 70.8 cm³/mol. The molecule has 0 aromatic heterocycles. The summed E-state index contributed by atoms with van der Waals surface area (Å²) in [6, 6.07) is 6.18. The lowest BCUT2D eigenvalue weighted by Crippen LogP contribution is -2.16. The quantitative estimate of drug-likeness (QED) is 0.811. The van der Waals surface area contributed by atoms with Gasteiger partial charge in [0, 0.05) is 6.54 Å². The average molecular weight is 247 g/mol. The highest BCUT2D eigenvalue weighted by molar-refractivity contribution is 5.44. The van der Waals surface area contributed by atoms with Gasteiger partial charge in [-0.2, -0.15) is 0 Å². The topological polar surface area (TPSA) is 30.5 Å². The van der Waals surface area contributed by atoms with Crippen molar-refractivity contribution in [1.29, 1.82) is 0 Å². The minimum atomic E-state index is 0.355. The fourth-order valence-electron chi connectivity index (χ4n) is 2.89. The van der Waals surface area contributed by atoms with Gasteiger partial charge in [0.1, 0.15) is 0 Å². The summed E-state index contributed by atoms with van der Waals surface area (Å²) in [6.07, 6.45) is 7.07. The molecular weight excluding hydrogens is 226 g/mol. The van der Waals surface area contributed by atoms with Gasteiger partial charge in [-0.25, -0.2) is 0 Å². The van der Waals surface area contributed by atoms with Crippen molar-refractivity contribution in [3.8, 4) is 11.5 Å². The van der Waals surface area contributed by atoms with Crippen molar-refractivity contribution in [1.82, 2.24) is 5.32 Å². The summed E-state index contributed by atoms with van der Waals surface area (Å²) in [4.78, 5) is 0. The molecule has 3 heteroatoms. The molecule has 1 aromatic rings. The summed E-state index contributed by atoms with van der Waals surface area (Å²) >= 11 is 0. The molecule has 2 aliphatic rings. The van der Waals surface area contributed by atoms with Crippen LogP contribution in [0, 0.1) is 5.92 Å². The summed E-state index contributed by atoms with van der Waals surface area (Å²) in [7, 11) is 0. The highest BCUT2D eigenvalue weighted by atomic mass is 16.7. The molecule has 18 heavy (non-hydrogen) atoms. The number of rotatable bonds is 5. The van der Waals surface area contributed by atoms with Gasteiger partial charge in [0.25, 0.3) is 0 Å². The second-order valence-electron chi connectivity index (χ2n) is 5.30. The van der Waals surface area contributed by atoms with Crippen LogP contribution in [0.2, 0.25) is 0 Å². The van der Waals surface area contributed by atoms with Crippen molar-refractivity contribution in [2.75, 3.05) is 13.3 Å². The van der Waals surface area contributed by atoms with Gasteiger partial charge in [0.2, 0.25) is 6.79 Å². The third-order valence-electron chi connectivity index (χ3n) is 3.97. The molecule has 0 spiro atoms. The molecule has 1 heterocycles. The van der Waals surface area contributed by atoms with E-state index >= 15 is 0 Å². The van der Waals surface area contributed by atoms with E-state index in [1.54, 1.807) is 0 Å². The molecule has 1 aliphatic heterocycles. The SMILES string of the molecule is c1cc2c(cc1CNCCC1CCCC1)OCO2. The van der Waals surface area contributed by atoms with Crippen molar-refractivity contribution < 1.29 is 9.47 Å². The molecule has 0 saturated heterocycles. The highest BCUT2D eigenvalue weighted by Gasteiger charge is 2.15. The van der Waals surface area contributed by atoms with Crippen molar-refractivity contribution in [3.63, 3.8) is 0 Å². The molecule has 1 aromatic carbocycles. The van der Waals surface area contributed by atoms with Crippen LogP contribution < -0.4 is 14.8 Å². The highest BCUT2D eigenvalue weighted by Crippen LogP contribution is 2.32. The predicted octanol–water partition coefficient (Wildman–Crippen LogP) is 3.09. The molecule has 0 atom stereocenters. The van der Waals surface area contributed by atoms with E-state index in [1.807, 2.05) is 6.07 Å². The molecule has 0 amide bonds. The molecule has 98 valence electrons. The van der Waals surface area contributed by atoms with E-state index in [2.05, 4.69) is 17.4 Å². The maximum Gasteiger partial charge on any atom is 0.231 e. The van der Waals surface area contributed by atoms with Gasteiger partial charge in [0.05, 0.1) is 0 Å². The van der Waals surface area contributed by atoms with Gasteiger partial charge in [0.15, 0.2) is 11.5 Å². The van der Waals surface area contributed by atoms with Gasteiger partial charge in [-0.15, -0.1) is 0 Å². The number of benzene rings is 1. The minimum absolute atomic E-state index is 0.355. The molecule has 0 unspecified atom stereocenters. The Labute approximate surface area is 108 Å². The number of hydrogen-bond donors (Lipinski definition) is 1. The van der Waals surface area contributed by atoms with E-state index in [1.165, 1.54) is 37.7 Å². The second-order valence-corrected chi connectivity index (χ2v) is 5.30. The van der Waals surface area contributed by atoms with Crippen molar-refractivity contribution in [3.05, 3.63) is 23.8 Å². The Kier molecular flexibility index (Phi) is 3.69. The summed E-state index contributed by atoms with van der Waals surface area (Å²) in [6.45, 7) is 2.40. The smallest absolute Gasteiger partial charge is 0.231 e. The van der Waals surface area contributed by atoms with Crippen LogP contribution in [0.4, 0.5) is 0 Å². The largest absolute Gasteiger partial charge is 0.454 e. The summed E-state index contributed by atoms with van der Waals surface area (Å²) < 4.78 is 10.7. The van der Waals surface area contributed by atoms with Gasteiger partial charge < -0.3 is 14.8 Å². The number of fused-ring (bicyclic) bond motifs is 1. The first-order valence-corrected chi connectivity index (χ1v) is 7.01. The van der Waals surface area contributed by atoms with Crippen LogP contribution in [-0.2, 0) is 6.54 Å². The van der Waals surface area contributed by atoms with Crippen LogP contribution in [0.1, 0.15) is 37.7 Å². The first kappa shape index (κ1) is 11.8. The standard InChI is InChI=1S/C15H21NO2/c1-2-4-12(3-1)7-8-16-10-13-5-6-14-15(9-13)18-11-17-14/h5-6,9,12,16H,1-4,7-8,10-11H2. The number of ether oxygens (including phenoxy) is 2. The Morgan fingerprint density at radius 3 is 2.83 bits per heavy atom. The monoisotopic (exact) mass is 247 g/mol. The Morgan fingerprint density at radius 2 is 1.94 bits per heavy atom. The van der Waals surface area contributed by atoms with Crippen LogP contribution in [-0.4, -0.2) is 13.3 Å². The Bertz CT molecular complexity index is 399. The first-order valence-electron chi connectivity index (χ1n) is 7.01. The molecule has 1 fully saturated rings. The summed E-state index contributed by atoms with van der Waals surface area (Å²) in [5, 5.41) is 3.52. The van der Waals surface area contributed by atoms with Crippen LogP contribution in [0.3, 0.4) is 0 Å². The number of hydrogen-bond acceptors (Lipinski definition) is 3. The zero-order valence-electron chi connectivity index (χ0n) is 10.8. The Hall–Kier alpha value is -1.22. The Balaban J connectivity index is 1.42. The van der Waals surface area contributed by atoms with Crippen LogP contribution in [0.25, 0.3) is 0 Å². The molecule has 3 rings (SSSR count). The van der Waals surface area contributed by atoms with Crippen molar-refractivity contribution >= 4 is 0 Å². The lowest BCUT2D eigenvalue weighted by atomic mass is 10.0. The Morgan fingerprint density at radius 1 is 1.11 bits per heavy atom. The summed E-state index contributed by atoms with van der Waals surface area (Å²) in [5.41, 5.74) is 1.27. The van der Waals surface area contributed by atoms with Crippen molar-refractivity contribution in [2.24, 2.45) is 5.92 Å². The minimum Gasteiger partial charge on any atom is -0.454 e. The van der Waals surface area contributed by atoms with Crippen LogP contribution in [0.15, 0.2) is 18.2 Å². The van der Waals surface area contributed by atoms with E-state index in [0.717, 1.165) is 30.5 Å². The third kappa shape index (κ3) is 2.78. The maximum atomic E-state index is 5.38. The molecule has 1 aliphatic carbocycles. The van der Waals surface area contributed by atoms with E-state index in [9.17, 15) is 0 Å². The van der Waals surface area contributed by atoms with E-state index in [4.69, 9.17) is 9.47 Å². The van der Waals surface area contributed by atoms with E-state index in [-0.39, 0.29) is 0 Å². The van der Waals surface area contributed by atoms with Gasteiger partial charge >= 0.3 is 0 Å². The molecule has 0 bridgehead atoms. The third-order valence-corrected chi connectivity index (χ3v) is 3.97. The lowest BCUT2D eigenvalue weighted by molar-refractivity contribution is 0.174. The second kappa shape index (κ2) is 5.61. The number of nitrogens with one attached hydrogen (secondary N) is 1. The zero-order valence-corrected chi connectivity index (χ0v) is 10.8. The normalized spacial score (nSPS) is 18.4. The zero-order chi connectivity index (χ0) is 12.2. The van der Waals surface area contributed by atoms with E-state index in [0.29, 0.717) is 6.79 Å². The van der Waals surface area contributed by atoms with Gasteiger partial charge in [-0.3, -0.25) is 0 Å². The van der Waals surface area contributed by atoms with Crippen LogP contribution >= 0.6 is 0 Å². The molecule has 3 nitrogen and oxygen atoms in total. The fraction of sp³-hybridized carbons (Fsp3) is 0.600. The first-order chi connectivity index (χ1) is 8.92. The molecule has 1 saturated carbocycles. The molecule has 0 radical (unpaired) electrons. The maximum absolute atomic E-state index is 5.38. The molecular formula is C15H21NO2. The van der Waals surface area contributed by atoms with E-state index < -0.39 is 0 Å². The fourth-order valence-corrected chi connectivity index (χ4v) is 2.89. The molecule has 1 N–H and O–H groups in total. The summed E-state index contributed by atoms with van der Waals surface area (Å²) in [5.74, 6) is 2.71. The van der Waals surface area contributed by atoms with Crippen LogP contribution in [0.5, 0.6) is 11.5 Å².